The summed E-state index contributed by atoms with van der Waals surface area (Å²) in [7, 11) is 0. The van der Waals surface area contributed by atoms with Gasteiger partial charge >= 0.3 is 6.01 Å². The smallest absolute Gasteiger partial charge is 0.320 e. The molecule has 96 valence electrons. The van der Waals surface area contributed by atoms with E-state index in [0.29, 0.717) is 11.9 Å². The summed E-state index contributed by atoms with van der Waals surface area (Å²) >= 11 is 0. The Morgan fingerprint density at radius 2 is 2.00 bits per heavy atom. The zero-order chi connectivity index (χ0) is 12.8. The first-order valence-corrected chi connectivity index (χ1v) is 6.20. The highest BCUT2D eigenvalue weighted by Crippen LogP contribution is 2.16. The molecule has 1 aromatic carbocycles. The first-order chi connectivity index (χ1) is 8.81. The van der Waals surface area contributed by atoms with Gasteiger partial charge in [-0.25, -0.2) is 0 Å². The number of benzene rings is 1. The molecule has 3 N–H and O–H groups in total. The predicted octanol–water partition coefficient (Wildman–Crippen LogP) is 2.61. The SMILES string of the molecule is CCCCc1ccc(Nc2nnc(CN)o2)cc1. The number of hydrogen-bond donors (Lipinski definition) is 2. The second-order valence-corrected chi connectivity index (χ2v) is 4.13. The van der Waals surface area contributed by atoms with Crippen molar-refractivity contribution in [2.75, 3.05) is 5.32 Å². The fourth-order valence-corrected chi connectivity index (χ4v) is 1.65. The van der Waals surface area contributed by atoms with Crippen LogP contribution < -0.4 is 11.1 Å². The molecule has 0 aliphatic carbocycles. The maximum atomic E-state index is 5.40. The van der Waals surface area contributed by atoms with Crippen LogP contribution in [0.5, 0.6) is 0 Å². The quantitative estimate of drug-likeness (QED) is 0.819. The zero-order valence-corrected chi connectivity index (χ0v) is 10.5. The normalized spacial score (nSPS) is 10.6. The van der Waals surface area contributed by atoms with Crippen LogP contribution in [-0.2, 0) is 13.0 Å². The summed E-state index contributed by atoms with van der Waals surface area (Å²) in [6.07, 6.45) is 3.55. The molecule has 0 aliphatic rings. The van der Waals surface area contributed by atoms with Gasteiger partial charge in [-0.3, -0.25) is 0 Å². The van der Waals surface area contributed by atoms with Gasteiger partial charge in [0.2, 0.25) is 5.89 Å². The summed E-state index contributed by atoms with van der Waals surface area (Å²) < 4.78 is 5.27. The Bertz CT molecular complexity index is 478. The third-order valence-electron chi connectivity index (χ3n) is 2.67. The third-order valence-corrected chi connectivity index (χ3v) is 2.67. The van der Waals surface area contributed by atoms with Gasteiger partial charge in [0, 0.05) is 5.69 Å². The Morgan fingerprint density at radius 1 is 1.22 bits per heavy atom. The molecule has 5 heteroatoms. The Labute approximate surface area is 106 Å². The molecule has 0 spiro atoms. The van der Waals surface area contributed by atoms with Crippen molar-refractivity contribution in [3.05, 3.63) is 35.7 Å². The van der Waals surface area contributed by atoms with E-state index in [1.165, 1.54) is 18.4 Å². The maximum Gasteiger partial charge on any atom is 0.320 e. The molecule has 1 aromatic heterocycles. The van der Waals surface area contributed by atoms with Gasteiger partial charge in [0.1, 0.15) is 0 Å². The average molecular weight is 246 g/mol. The zero-order valence-electron chi connectivity index (χ0n) is 10.5. The van der Waals surface area contributed by atoms with Crippen LogP contribution in [-0.4, -0.2) is 10.2 Å². The van der Waals surface area contributed by atoms with Crippen molar-refractivity contribution in [2.24, 2.45) is 5.73 Å². The number of nitrogens with zero attached hydrogens (tertiary/aromatic N) is 2. The highest BCUT2D eigenvalue weighted by Gasteiger charge is 2.04. The molecule has 1 heterocycles. The van der Waals surface area contributed by atoms with Crippen molar-refractivity contribution >= 4 is 11.7 Å². The third kappa shape index (κ3) is 3.30. The number of nitrogens with two attached hydrogens (primary N) is 1. The Hall–Kier alpha value is -1.88. The average Bonchev–Trinajstić information content (AvgIpc) is 2.86. The van der Waals surface area contributed by atoms with Gasteiger partial charge in [-0.15, -0.1) is 5.10 Å². The minimum atomic E-state index is 0.255. The van der Waals surface area contributed by atoms with Gasteiger partial charge in [0.15, 0.2) is 0 Å². The lowest BCUT2D eigenvalue weighted by Gasteiger charge is -2.03. The van der Waals surface area contributed by atoms with Crippen LogP contribution in [0.3, 0.4) is 0 Å². The van der Waals surface area contributed by atoms with Gasteiger partial charge < -0.3 is 15.5 Å². The van der Waals surface area contributed by atoms with Crippen molar-refractivity contribution in [3.8, 4) is 0 Å². The molecule has 5 nitrogen and oxygen atoms in total. The molecule has 0 bridgehead atoms. The van der Waals surface area contributed by atoms with Gasteiger partial charge in [0.05, 0.1) is 6.54 Å². The second-order valence-electron chi connectivity index (χ2n) is 4.13. The van der Waals surface area contributed by atoms with Crippen molar-refractivity contribution in [2.45, 2.75) is 32.7 Å². The van der Waals surface area contributed by atoms with E-state index in [1.54, 1.807) is 0 Å². The van der Waals surface area contributed by atoms with Crippen molar-refractivity contribution in [3.63, 3.8) is 0 Å². The molecular formula is C13H18N4O. The van der Waals surface area contributed by atoms with E-state index < -0.39 is 0 Å². The highest BCUT2D eigenvalue weighted by atomic mass is 16.4. The minimum absolute atomic E-state index is 0.255. The van der Waals surface area contributed by atoms with Crippen LogP contribution in [0.25, 0.3) is 0 Å². The van der Waals surface area contributed by atoms with E-state index in [2.05, 4.69) is 34.6 Å². The lowest BCUT2D eigenvalue weighted by molar-refractivity contribution is 0.511. The van der Waals surface area contributed by atoms with Gasteiger partial charge in [0.25, 0.3) is 0 Å². The lowest BCUT2D eigenvalue weighted by Crippen LogP contribution is -1.95. The van der Waals surface area contributed by atoms with Crippen molar-refractivity contribution < 1.29 is 4.42 Å². The van der Waals surface area contributed by atoms with E-state index in [0.717, 1.165) is 12.1 Å². The summed E-state index contributed by atoms with van der Waals surface area (Å²) in [5, 5.41) is 10.7. The largest absolute Gasteiger partial charge is 0.406 e. The number of aryl methyl sites for hydroxylation is 1. The Kier molecular flexibility index (Phi) is 4.30. The molecule has 0 saturated heterocycles. The molecule has 2 aromatic rings. The lowest BCUT2D eigenvalue weighted by atomic mass is 10.1. The van der Waals surface area contributed by atoms with E-state index in [9.17, 15) is 0 Å². The fourth-order valence-electron chi connectivity index (χ4n) is 1.65. The van der Waals surface area contributed by atoms with Crippen LogP contribution in [0.1, 0.15) is 31.2 Å². The van der Waals surface area contributed by atoms with Crippen molar-refractivity contribution in [1.82, 2.24) is 10.2 Å². The summed E-state index contributed by atoms with van der Waals surface area (Å²) in [5.41, 5.74) is 7.67. The molecule has 0 radical (unpaired) electrons. The monoisotopic (exact) mass is 246 g/mol. The molecular weight excluding hydrogens is 228 g/mol. The highest BCUT2D eigenvalue weighted by molar-refractivity contribution is 5.52. The second kappa shape index (κ2) is 6.16. The fraction of sp³-hybridized carbons (Fsp3) is 0.385. The van der Waals surface area contributed by atoms with Crippen molar-refractivity contribution in [1.29, 1.82) is 0 Å². The van der Waals surface area contributed by atoms with Crippen LogP contribution in [0.2, 0.25) is 0 Å². The molecule has 0 unspecified atom stereocenters. The molecule has 0 amide bonds. The predicted molar refractivity (Wildman–Crippen MR) is 70.5 cm³/mol. The Balaban J connectivity index is 1.97. The number of hydrogen-bond acceptors (Lipinski definition) is 5. The summed E-state index contributed by atoms with van der Waals surface area (Å²) in [5.74, 6) is 0.428. The van der Waals surface area contributed by atoms with Gasteiger partial charge in [-0.1, -0.05) is 30.6 Å². The number of anilines is 2. The van der Waals surface area contributed by atoms with Crippen LogP contribution in [0.15, 0.2) is 28.7 Å². The number of unbranched alkanes of at least 4 members (excludes halogenated alkanes) is 1. The van der Waals surface area contributed by atoms with Crippen LogP contribution in [0, 0.1) is 0 Å². The summed E-state index contributed by atoms with van der Waals surface area (Å²) in [4.78, 5) is 0. The van der Waals surface area contributed by atoms with Gasteiger partial charge in [-0.05, 0) is 30.5 Å². The number of nitrogens with one attached hydrogen (secondary N) is 1. The number of aromatic nitrogens is 2. The number of rotatable bonds is 6. The first kappa shape index (κ1) is 12.6. The standard InChI is InChI=1S/C13H18N4O/c1-2-3-4-10-5-7-11(8-6-10)15-13-17-16-12(9-14)18-13/h5-8H,2-4,9,14H2,1H3,(H,15,17). The summed E-state index contributed by atoms with van der Waals surface area (Å²) in [6.45, 7) is 2.45. The van der Waals surface area contributed by atoms with Crippen LogP contribution >= 0.6 is 0 Å². The maximum absolute atomic E-state index is 5.40. The molecule has 0 aliphatic heterocycles. The van der Waals surface area contributed by atoms with E-state index in [-0.39, 0.29) is 6.54 Å². The van der Waals surface area contributed by atoms with E-state index in [1.807, 2.05) is 12.1 Å². The first-order valence-electron chi connectivity index (χ1n) is 6.20. The molecule has 0 saturated carbocycles. The van der Waals surface area contributed by atoms with Gasteiger partial charge in [-0.2, -0.15) is 0 Å². The minimum Gasteiger partial charge on any atom is -0.406 e. The molecule has 0 fully saturated rings. The molecule has 18 heavy (non-hydrogen) atoms. The molecule has 2 rings (SSSR count). The van der Waals surface area contributed by atoms with E-state index >= 15 is 0 Å². The van der Waals surface area contributed by atoms with Crippen LogP contribution in [0.4, 0.5) is 11.7 Å². The Morgan fingerprint density at radius 3 is 2.61 bits per heavy atom. The summed E-state index contributed by atoms with van der Waals surface area (Å²) in [6, 6.07) is 8.61. The topological polar surface area (TPSA) is 77.0 Å². The van der Waals surface area contributed by atoms with E-state index in [4.69, 9.17) is 10.2 Å². The molecule has 0 atom stereocenters.